The molecule has 0 saturated carbocycles. The Labute approximate surface area is 118 Å². The fourth-order valence-corrected chi connectivity index (χ4v) is 3.06. The normalized spacial score (nSPS) is 23.8. The van der Waals surface area contributed by atoms with Crippen molar-refractivity contribution in [2.45, 2.75) is 25.0 Å². The second-order valence-corrected chi connectivity index (χ2v) is 5.95. The Morgan fingerprint density at radius 1 is 1.05 bits per heavy atom. The van der Waals surface area contributed by atoms with Crippen molar-refractivity contribution in [1.29, 1.82) is 0 Å². The third-order valence-corrected chi connectivity index (χ3v) is 4.15. The summed E-state index contributed by atoms with van der Waals surface area (Å²) in [6, 6.07) is 15.3. The topological polar surface area (TPSA) is 32.3 Å². The van der Waals surface area contributed by atoms with E-state index in [1.54, 1.807) is 0 Å². The highest BCUT2D eigenvalue weighted by atomic mass is 35.5. The highest BCUT2D eigenvalue weighted by Gasteiger charge is 2.52. The van der Waals surface area contributed by atoms with Gasteiger partial charge in [0.2, 0.25) is 0 Å². The van der Waals surface area contributed by atoms with Gasteiger partial charge in [0.1, 0.15) is 5.60 Å². The monoisotopic (exact) mass is 273 g/mol. The molecule has 0 aromatic heterocycles. The molecule has 1 aliphatic heterocycles. The van der Waals surface area contributed by atoms with Gasteiger partial charge in [-0.1, -0.05) is 41.9 Å². The number of benzene rings is 2. The van der Waals surface area contributed by atoms with Gasteiger partial charge in [0.15, 0.2) is 0 Å². The molecular formula is C16H16ClNO. The molecule has 0 fully saturated rings. The Hall–Kier alpha value is -1.51. The molecule has 0 aliphatic carbocycles. The van der Waals surface area contributed by atoms with Gasteiger partial charge in [0, 0.05) is 16.3 Å². The molecule has 0 bridgehead atoms. The number of aliphatic hydroxyl groups is 1. The lowest BCUT2D eigenvalue weighted by Crippen LogP contribution is -2.48. The molecule has 19 heavy (non-hydrogen) atoms. The minimum atomic E-state index is -1.09. The molecule has 2 nitrogen and oxygen atoms in total. The van der Waals surface area contributed by atoms with Crippen LogP contribution in [0.4, 0.5) is 5.69 Å². The van der Waals surface area contributed by atoms with Crippen LogP contribution in [-0.2, 0) is 5.60 Å². The van der Waals surface area contributed by atoms with Crippen LogP contribution in [0.1, 0.15) is 25.0 Å². The molecule has 3 heteroatoms. The number of halogens is 1. The minimum absolute atomic E-state index is 0.499. The van der Waals surface area contributed by atoms with E-state index in [2.05, 4.69) is 5.32 Å². The molecule has 1 unspecified atom stereocenters. The van der Waals surface area contributed by atoms with Crippen LogP contribution in [0, 0.1) is 0 Å². The number of hydrogen-bond acceptors (Lipinski definition) is 2. The van der Waals surface area contributed by atoms with Crippen molar-refractivity contribution in [1.82, 2.24) is 0 Å². The number of anilines is 1. The van der Waals surface area contributed by atoms with Crippen molar-refractivity contribution in [3.63, 3.8) is 0 Å². The van der Waals surface area contributed by atoms with Crippen molar-refractivity contribution >= 4 is 17.3 Å². The first-order valence-corrected chi connectivity index (χ1v) is 6.69. The van der Waals surface area contributed by atoms with Crippen LogP contribution in [0.2, 0.25) is 5.02 Å². The Bertz CT molecular complexity index is 624. The van der Waals surface area contributed by atoms with Gasteiger partial charge in [0.05, 0.1) is 5.54 Å². The van der Waals surface area contributed by atoms with Gasteiger partial charge in [-0.2, -0.15) is 0 Å². The zero-order chi connectivity index (χ0) is 13.7. The molecule has 1 atom stereocenters. The van der Waals surface area contributed by atoms with Crippen LogP contribution in [0.5, 0.6) is 0 Å². The summed E-state index contributed by atoms with van der Waals surface area (Å²) in [5.74, 6) is 0. The average molecular weight is 274 g/mol. The second kappa shape index (κ2) is 3.99. The lowest BCUT2D eigenvalue weighted by molar-refractivity contribution is 0.0334. The van der Waals surface area contributed by atoms with Crippen molar-refractivity contribution in [3.05, 3.63) is 64.7 Å². The summed E-state index contributed by atoms with van der Waals surface area (Å²) < 4.78 is 0. The van der Waals surface area contributed by atoms with Crippen LogP contribution < -0.4 is 5.32 Å². The van der Waals surface area contributed by atoms with E-state index in [9.17, 15) is 5.11 Å². The van der Waals surface area contributed by atoms with Gasteiger partial charge in [-0.25, -0.2) is 0 Å². The minimum Gasteiger partial charge on any atom is -0.378 e. The van der Waals surface area contributed by atoms with Crippen molar-refractivity contribution < 1.29 is 5.11 Å². The highest BCUT2D eigenvalue weighted by Crippen LogP contribution is 2.50. The third kappa shape index (κ3) is 1.67. The van der Waals surface area contributed by atoms with E-state index >= 15 is 0 Å². The molecule has 1 aliphatic rings. The van der Waals surface area contributed by atoms with E-state index in [1.165, 1.54) is 0 Å². The SMILES string of the molecule is CC1(C)Nc2ccc(Cl)cc2C1(O)c1ccccc1. The largest absolute Gasteiger partial charge is 0.378 e. The average Bonchev–Trinajstić information content (AvgIpc) is 2.60. The van der Waals surface area contributed by atoms with Crippen LogP contribution in [0.15, 0.2) is 48.5 Å². The summed E-state index contributed by atoms with van der Waals surface area (Å²) in [5.41, 5.74) is 1.04. The Morgan fingerprint density at radius 3 is 2.42 bits per heavy atom. The van der Waals surface area contributed by atoms with E-state index in [-0.39, 0.29) is 0 Å². The number of fused-ring (bicyclic) bond motifs is 1. The first-order valence-electron chi connectivity index (χ1n) is 6.31. The fraction of sp³-hybridized carbons (Fsp3) is 0.250. The van der Waals surface area contributed by atoms with Gasteiger partial charge in [-0.3, -0.25) is 0 Å². The lowest BCUT2D eigenvalue weighted by atomic mass is 9.76. The standard InChI is InChI=1S/C16H16ClNO/c1-15(2)16(19,11-6-4-3-5-7-11)13-10-12(17)8-9-14(13)18-15/h3-10,18-19H,1-2H3. The van der Waals surface area contributed by atoms with E-state index in [1.807, 2.05) is 62.4 Å². The second-order valence-electron chi connectivity index (χ2n) is 5.52. The van der Waals surface area contributed by atoms with E-state index < -0.39 is 11.1 Å². The maximum Gasteiger partial charge on any atom is 0.139 e. The van der Waals surface area contributed by atoms with Crippen LogP contribution >= 0.6 is 11.6 Å². The molecule has 2 aromatic rings. The van der Waals surface area contributed by atoms with Crippen LogP contribution in [0.3, 0.4) is 0 Å². The van der Waals surface area contributed by atoms with Crippen molar-refractivity contribution in [3.8, 4) is 0 Å². The smallest absolute Gasteiger partial charge is 0.139 e. The molecule has 98 valence electrons. The van der Waals surface area contributed by atoms with Gasteiger partial charge >= 0.3 is 0 Å². The van der Waals surface area contributed by atoms with Gasteiger partial charge in [-0.15, -0.1) is 0 Å². The molecule has 2 N–H and O–H groups in total. The lowest BCUT2D eigenvalue weighted by Gasteiger charge is -2.37. The van der Waals surface area contributed by atoms with Gasteiger partial charge in [0.25, 0.3) is 0 Å². The van der Waals surface area contributed by atoms with E-state index in [4.69, 9.17) is 11.6 Å². The van der Waals surface area contributed by atoms with E-state index in [0.29, 0.717) is 5.02 Å². The zero-order valence-corrected chi connectivity index (χ0v) is 11.7. The summed E-state index contributed by atoms with van der Waals surface area (Å²) in [5, 5.41) is 15.4. The number of nitrogens with one attached hydrogen (secondary N) is 1. The molecule has 0 spiro atoms. The first-order chi connectivity index (χ1) is 8.95. The molecule has 3 rings (SSSR count). The van der Waals surface area contributed by atoms with E-state index in [0.717, 1.165) is 16.8 Å². The first kappa shape index (κ1) is 12.5. The summed E-state index contributed by atoms with van der Waals surface area (Å²) in [7, 11) is 0. The van der Waals surface area contributed by atoms with Gasteiger partial charge < -0.3 is 10.4 Å². The number of rotatable bonds is 1. The summed E-state index contributed by atoms with van der Waals surface area (Å²) in [4.78, 5) is 0. The Kier molecular flexibility index (Phi) is 2.63. The molecule has 0 amide bonds. The van der Waals surface area contributed by atoms with Crippen molar-refractivity contribution in [2.75, 3.05) is 5.32 Å². The fourth-order valence-electron chi connectivity index (χ4n) is 2.88. The van der Waals surface area contributed by atoms with Crippen LogP contribution in [-0.4, -0.2) is 10.6 Å². The van der Waals surface area contributed by atoms with Gasteiger partial charge in [-0.05, 0) is 37.6 Å². The Morgan fingerprint density at radius 2 is 1.74 bits per heavy atom. The summed E-state index contributed by atoms with van der Waals surface area (Å²) in [6.07, 6.45) is 0. The predicted octanol–water partition coefficient (Wildman–Crippen LogP) is 3.78. The third-order valence-electron chi connectivity index (χ3n) is 3.91. The molecular weight excluding hydrogens is 258 g/mol. The maximum atomic E-state index is 11.3. The van der Waals surface area contributed by atoms with Crippen molar-refractivity contribution in [2.24, 2.45) is 0 Å². The predicted molar refractivity (Wildman–Crippen MR) is 78.6 cm³/mol. The molecule has 0 saturated heterocycles. The quantitative estimate of drug-likeness (QED) is 0.829. The molecule has 2 aromatic carbocycles. The highest BCUT2D eigenvalue weighted by molar-refractivity contribution is 6.30. The summed E-state index contributed by atoms with van der Waals surface area (Å²) >= 11 is 6.09. The molecule has 1 heterocycles. The number of hydrogen-bond donors (Lipinski definition) is 2. The maximum absolute atomic E-state index is 11.3. The zero-order valence-electron chi connectivity index (χ0n) is 10.9. The van der Waals surface area contributed by atoms with Crippen LogP contribution in [0.25, 0.3) is 0 Å². The molecule has 0 radical (unpaired) electrons. The summed E-state index contributed by atoms with van der Waals surface area (Å²) in [6.45, 7) is 3.99. The Balaban J connectivity index is 2.28.